The molecule has 2 N–H and O–H groups in total. The molecule has 1 unspecified atom stereocenters. The highest BCUT2D eigenvalue weighted by Crippen LogP contribution is 2.12. The molecule has 1 fully saturated rings. The van der Waals surface area contributed by atoms with Crippen LogP contribution < -0.4 is 5.32 Å². The van der Waals surface area contributed by atoms with E-state index in [-0.39, 0.29) is 18.6 Å². The summed E-state index contributed by atoms with van der Waals surface area (Å²) in [5, 5.41) is 13.8. The van der Waals surface area contributed by atoms with Gasteiger partial charge in [0.25, 0.3) is 0 Å². The highest BCUT2D eigenvalue weighted by atomic mass is 32.2. The summed E-state index contributed by atoms with van der Waals surface area (Å²) in [6.45, 7) is 1.98. The van der Waals surface area contributed by atoms with Gasteiger partial charge in [0.2, 0.25) is 5.91 Å². The van der Waals surface area contributed by atoms with Gasteiger partial charge in [-0.05, 0) is 19.3 Å². The predicted octanol–water partition coefficient (Wildman–Crippen LogP) is 0.599. The molecule has 7 nitrogen and oxygen atoms in total. The van der Waals surface area contributed by atoms with Gasteiger partial charge in [0.05, 0.1) is 18.9 Å². The fraction of sp³-hybridized carbons (Fsp3) is 0.750. The quantitative estimate of drug-likeness (QED) is 0.540. The summed E-state index contributed by atoms with van der Waals surface area (Å²) in [5.74, 6) is 0.658. The molecule has 0 aliphatic carbocycles. The molecule has 0 aromatic carbocycles. The van der Waals surface area contributed by atoms with E-state index >= 15 is 0 Å². The number of aromatic nitrogens is 3. The molecule has 1 atom stereocenters. The van der Waals surface area contributed by atoms with Crippen LogP contribution in [-0.4, -0.2) is 59.5 Å². The topological polar surface area (TPSA) is 89.1 Å². The van der Waals surface area contributed by atoms with Gasteiger partial charge in [-0.2, -0.15) is 10.3 Å². The summed E-state index contributed by atoms with van der Waals surface area (Å²) in [4.78, 5) is 11.5. The molecule has 1 saturated heterocycles. The van der Waals surface area contributed by atoms with Crippen LogP contribution in [-0.2, 0) is 14.3 Å². The van der Waals surface area contributed by atoms with Crippen molar-refractivity contribution in [3.8, 4) is 0 Å². The molecule has 1 amide bonds. The summed E-state index contributed by atoms with van der Waals surface area (Å²) >= 11 is 1.54. The zero-order chi connectivity index (χ0) is 14.0. The van der Waals surface area contributed by atoms with Crippen molar-refractivity contribution in [2.45, 2.75) is 30.4 Å². The number of nitrogens with zero attached hydrogens (tertiary/aromatic N) is 2. The molecular weight excluding hydrogens is 280 g/mol. The monoisotopic (exact) mass is 300 g/mol. The maximum absolute atomic E-state index is 11.5. The van der Waals surface area contributed by atoms with Crippen molar-refractivity contribution < 1.29 is 14.3 Å². The number of hydrogen-bond donors (Lipinski definition) is 2. The molecule has 0 saturated carbocycles. The maximum atomic E-state index is 11.5. The predicted molar refractivity (Wildman–Crippen MR) is 74.5 cm³/mol. The molecule has 0 bridgehead atoms. The van der Waals surface area contributed by atoms with E-state index in [1.807, 2.05) is 0 Å². The van der Waals surface area contributed by atoms with Crippen LogP contribution in [0.1, 0.15) is 19.3 Å². The van der Waals surface area contributed by atoms with Crippen molar-refractivity contribution in [2.75, 3.05) is 32.1 Å². The van der Waals surface area contributed by atoms with E-state index in [1.165, 1.54) is 18.2 Å². The first-order valence-corrected chi connectivity index (χ1v) is 7.78. The largest absolute Gasteiger partial charge is 0.376 e. The van der Waals surface area contributed by atoms with Crippen LogP contribution in [0, 0.1) is 0 Å². The second kappa shape index (κ2) is 8.93. The van der Waals surface area contributed by atoms with E-state index in [0.717, 1.165) is 30.2 Å². The smallest absolute Gasteiger partial charge is 0.246 e. The van der Waals surface area contributed by atoms with Crippen molar-refractivity contribution in [1.82, 2.24) is 20.7 Å². The number of hydrogen-bond acceptors (Lipinski definition) is 6. The molecule has 20 heavy (non-hydrogen) atoms. The first-order chi connectivity index (χ1) is 9.84. The Morgan fingerprint density at radius 3 is 3.30 bits per heavy atom. The van der Waals surface area contributed by atoms with Crippen LogP contribution in [0.15, 0.2) is 11.2 Å². The van der Waals surface area contributed by atoms with Crippen molar-refractivity contribution in [3.05, 3.63) is 6.20 Å². The minimum Gasteiger partial charge on any atom is -0.376 e. The van der Waals surface area contributed by atoms with Crippen LogP contribution >= 0.6 is 11.8 Å². The normalized spacial score (nSPS) is 18.9. The lowest BCUT2D eigenvalue weighted by molar-refractivity contribution is -0.127. The van der Waals surface area contributed by atoms with Gasteiger partial charge in [0.1, 0.15) is 11.6 Å². The summed E-state index contributed by atoms with van der Waals surface area (Å²) in [6.07, 6.45) is 5.13. The highest BCUT2D eigenvalue weighted by molar-refractivity contribution is 7.99. The first-order valence-electron chi connectivity index (χ1n) is 6.79. The van der Waals surface area contributed by atoms with Gasteiger partial charge in [-0.15, -0.1) is 16.9 Å². The zero-order valence-corrected chi connectivity index (χ0v) is 12.2. The number of carbonyl (C=O) groups is 1. The third kappa shape index (κ3) is 5.89. The molecule has 1 aromatic rings. The standard InChI is InChI=1S/C12H20N4O3S/c17-11(9-18-8-10-3-1-2-5-19-10)13-4-6-20-12-7-14-16-15-12/h7,10H,1-6,8-9H2,(H,13,17)(H,14,15,16). The van der Waals surface area contributed by atoms with Crippen LogP contribution in [0.2, 0.25) is 0 Å². The van der Waals surface area contributed by atoms with Crippen LogP contribution in [0.25, 0.3) is 0 Å². The maximum Gasteiger partial charge on any atom is 0.246 e. The third-order valence-electron chi connectivity index (χ3n) is 2.88. The molecule has 2 heterocycles. The third-order valence-corrected chi connectivity index (χ3v) is 3.78. The number of H-pyrrole nitrogens is 1. The molecule has 1 aromatic heterocycles. The van der Waals surface area contributed by atoms with Gasteiger partial charge in [-0.3, -0.25) is 4.79 Å². The summed E-state index contributed by atoms with van der Waals surface area (Å²) in [6, 6.07) is 0. The number of carbonyl (C=O) groups excluding carboxylic acids is 1. The van der Waals surface area contributed by atoms with Crippen LogP contribution in [0.3, 0.4) is 0 Å². The minimum atomic E-state index is -0.0958. The summed E-state index contributed by atoms with van der Waals surface area (Å²) < 4.78 is 10.9. The van der Waals surface area contributed by atoms with Crippen molar-refractivity contribution >= 4 is 17.7 Å². The average molecular weight is 300 g/mol. The zero-order valence-electron chi connectivity index (χ0n) is 11.3. The Kier molecular flexibility index (Phi) is 6.82. The van der Waals surface area contributed by atoms with Crippen LogP contribution in [0.4, 0.5) is 0 Å². The van der Waals surface area contributed by atoms with E-state index in [0.29, 0.717) is 13.2 Å². The van der Waals surface area contributed by atoms with Gasteiger partial charge in [-0.1, -0.05) is 0 Å². The van der Waals surface area contributed by atoms with Gasteiger partial charge >= 0.3 is 0 Å². The highest BCUT2D eigenvalue weighted by Gasteiger charge is 2.14. The van der Waals surface area contributed by atoms with E-state index in [2.05, 4.69) is 20.7 Å². The van der Waals surface area contributed by atoms with E-state index < -0.39 is 0 Å². The van der Waals surface area contributed by atoms with Gasteiger partial charge in [0.15, 0.2) is 0 Å². The number of nitrogens with one attached hydrogen (secondary N) is 2. The first kappa shape index (κ1) is 15.3. The fourth-order valence-corrected chi connectivity index (χ4v) is 2.53. The number of rotatable bonds is 8. The molecular formula is C12H20N4O3S. The van der Waals surface area contributed by atoms with Crippen molar-refractivity contribution in [2.24, 2.45) is 0 Å². The van der Waals surface area contributed by atoms with Crippen molar-refractivity contribution in [1.29, 1.82) is 0 Å². The number of thioether (sulfide) groups is 1. The van der Waals surface area contributed by atoms with E-state index in [1.54, 1.807) is 6.20 Å². The fourth-order valence-electron chi connectivity index (χ4n) is 1.88. The van der Waals surface area contributed by atoms with E-state index in [4.69, 9.17) is 9.47 Å². The minimum absolute atomic E-state index is 0.0918. The molecule has 0 spiro atoms. The Hall–Kier alpha value is -1.12. The van der Waals surface area contributed by atoms with Gasteiger partial charge < -0.3 is 14.8 Å². The number of ether oxygens (including phenoxy) is 2. The summed E-state index contributed by atoms with van der Waals surface area (Å²) in [7, 11) is 0. The second-order valence-electron chi connectivity index (χ2n) is 4.51. The SMILES string of the molecule is O=C(COCC1CCCCO1)NCCSc1cn[nH]n1. The Bertz CT molecular complexity index is 382. The lowest BCUT2D eigenvalue weighted by Gasteiger charge is -2.22. The summed E-state index contributed by atoms with van der Waals surface area (Å²) in [5.41, 5.74) is 0. The Balaban J connectivity index is 1.45. The molecule has 0 radical (unpaired) electrons. The van der Waals surface area contributed by atoms with E-state index in [9.17, 15) is 4.79 Å². The Labute approximate surface area is 122 Å². The van der Waals surface area contributed by atoms with Gasteiger partial charge in [-0.25, -0.2) is 0 Å². The Morgan fingerprint density at radius 2 is 2.55 bits per heavy atom. The second-order valence-corrected chi connectivity index (χ2v) is 5.63. The molecule has 1 aliphatic rings. The molecule has 8 heteroatoms. The van der Waals surface area contributed by atoms with Crippen LogP contribution in [0.5, 0.6) is 0 Å². The molecule has 112 valence electrons. The Morgan fingerprint density at radius 1 is 1.60 bits per heavy atom. The van der Waals surface area contributed by atoms with Gasteiger partial charge in [0, 0.05) is 18.9 Å². The lowest BCUT2D eigenvalue weighted by Crippen LogP contribution is -2.32. The van der Waals surface area contributed by atoms with Crippen molar-refractivity contribution in [3.63, 3.8) is 0 Å². The lowest BCUT2D eigenvalue weighted by atomic mass is 10.1. The molecule has 1 aliphatic heterocycles. The number of aromatic amines is 1. The average Bonchev–Trinajstić information content (AvgIpc) is 2.98. The number of amides is 1. The molecule has 2 rings (SSSR count).